The van der Waals surface area contributed by atoms with E-state index in [9.17, 15) is 0 Å². The Balaban J connectivity index is 1.85. The maximum absolute atomic E-state index is 6.39. The summed E-state index contributed by atoms with van der Waals surface area (Å²) in [7, 11) is 0. The zero-order chi connectivity index (χ0) is 13.4. The average Bonchev–Trinajstić information content (AvgIpc) is 2.84. The lowest BCUT2D eigenvalue weighted by atomic mass is 9.79. The predicted molar refractivity (Wildman–Crippen MR) is 79.3 cm³/mol. The van der Waals surface area contributed by atoms with E-state index in [0.29, 0.717) is 10.9 Å². The molecule has 2 nitrogen and oxygen atoms in total. The number of rotatable bonds is 2. The van der Waals surface area contributed by atoms with E-state index in [2.05, 4.69) is 6.92 Å². The van der Waals surface area contributed by atoms with Crippen molar-refractivity contribution < 1.29 is 4.42 Å². The second-order valence-corrected chi connectivity index (χ2v) is 6.26. The van der Waals surface area contributed by atoms with Crippen LogP contribution in [0.25, 0.3) is 11.0 Å². The molecule has 0 aliphatic heterocycles. The highest BCUT2D eigenvalue weighted by molar-refractivity contribution is 6.34. The summed E-state index contributed by atoms with van der Waals surface area (Å²) >= 11 is 6.15. The summed E-state index contributed by atoms with van der Waals surface area (Å²) in [6, 6.07) is 7.85. The Morgan fingerprint density at radius 1 is 1.26 bits per heavy atom. The molecule has 2 N–H and O–H groups in total. The van der Waals surface area contributed by atoms with Crippen molar-refractivity contribution in [1.82, 2.24) is 0 Å². The molecule has 3 rings (SSSR count). The second kappa shape index (κ2) is 5.18. The van der Waals surface area contributed by atoms with E-state index in [0.717, 1.165) is 22.6 Å². The molecule has 1 fully saturated rings. The van der Waals surface area contributed by atoms with Gasteiger partial charge < -0.3 is 10.2 Å². The quantitative estimate of drug-likeness (QED) is 0.847. The minimum absolute atomic E-state index is 0.00373. The number of fused-ring (bicyclic) bond motifs is 1. The van der Waals surface area contributed by atoms with Crippen LogP contribution in [0.4, 0.5) is 0 Å². The molecule has 0 saturated heterocycles. The maximum Gasteiger partial charge on any atom is 0.152 e. The van der Waals surface area contributed by atoms with Gasteiger partial charge in [-0.05, 0) is 36.8 Å². The van der Waals surface area contributed by atoms with Gasteiger partial charge in [0.1, 0.15) is 5.76 Å². The molecule has 0 bridgehead atoms. The van der Waals surface area contributed by atoms with Crippen LogP contribution >= 0.6 is 11.6 Å². The molecule has 102 valence electrons. The maximum atomic E-state index is 6.39. The molecule has 1 aliphatic carbocycles. The molecule has 0 spiro atoms. The lowest BCUT2D eigenvalue weighted by Gasteiger charge is -2.29. The van der Waals surface area contributed by atoms with Crippen molar-refractivity contribution in [2.75, 3.05) is 0 Å². The number of hydrogen-bond donors (Lipinski definition) is 1. The number of nitrogens with two attached hydrogens (primary N) is 1. The van der Waals surface area contributed by atoms with Gasteiger partial charge in [-0.25, -0.2) is 0 Å². The van der Waals surface area contributed by atoms with Crippen LogP contribution < -0.4 is 5.73 Å². The van der Waals surface area contributed by atoms with Gasteiger partial charge in [0, 0.05) is 5.39 Å². The van der Waals surface area contributed by atoms with Crippen molar-refractivity contribution in [3.8, 4) is 0 Å². The highest BCUT2D eigenvalue weighted by atomic mass is 35.5. The van der Waals surface area contributed by atoms with Crippen LogP contribution in [-0.4, -0.2) is 0 Å². The van der Waals surface area contributed by atoms with Gasteiger partial charge in [-0.3, -0.25) is 0 Å². The fourth-order valence-electron chi connectivity index (χ4n) is 3.09. The Labute approximate surface area is 118 Å². The van der Waals surface area contributed by atoms with Crippen molar-refractivity contribution in [3.63, 3.8) is 0 Å². The first-order valence-electron chi connectivity index (χ1n) is 7.08. The third kappa shape index (κ3) is 2.52. The van der Waals surface area contributed by atoms with Crippen LogP contribution in [0.5, 0.6) is 0 Å². The molecule has 1 aromatic carbocycles. The third-order valence-corrected chi connectivity index (χ3v) is 4.71. The summed E-state index contributed by atoms with van der Waals surface area (Å²) in [6.45, 7) is 2.32. The van der Waals surface area contributed by atoms with Gasteiger partial charge in [0.25, 0.3) is 0 Å². The van der Waals surface area contributed by atoms with Crippen LogP contribution in [0.2, 0.25) is 5.02 Å². The summed E-state index contributed by atoms with van der Waals surface area (Å²) in [5, 5.41) is 1.70. The predicted octanol–water partition coefficient (Wildman–Crippen LogP) is 4.91. The summed E-state index contributed by atoms with van der Waals surface area (Å²) in [4.78, 5) is 0. The molecule has 1 unspecified atom stereocenters. The molecule has 1 aromatic heterocycles. The number of hydrogen-bond acceptors (Lipinski definition) is 2. The van der Waals surface area contributed by atoms with Gasteiger partial charge in [-0.1, -0.05) is 43.5 Å². The molecular weight excluding hydrogens is 258 g/mol. The molecule has 1 saturated carbocycles. The Morgan fingerprint density at radius 3 is 2.68 bits per heavy atom. The highest BCUT2D eigenvalue weighted by Gasteiger charge is 2.27. The first-order chi connectivity index (χ1) is 9.15. The van der Waals surface area contributed by atoms with E-state index < -0.39 is 0 Å². The molecule has 1 aliphatic rings. The van der Waals surface area contributed by atoms with Gasteiger partial charge in [0.2, 0.25) is 0 Å². The van der Waals surface area contributed by atoms with E-state index in [-0.39, 0.29) is 6.04 Å². The summed E-state index contributed by atoms with van der Waals surface area (Å²) < 4.78 is 5.88. The summed E-state index contributed by atoms with van der Waals surface area (Å²) in [5.74, 6) is 2.26. The number of para-hydroxylation sites is 1. The van der Waals surface area contributed by atoms with E-state index in [4.69, 9.17) is 21.8 Å². The van der Waals surface area contributed by atoms with E-state index in [1.807, 2.05) is 24.3 Å². The van der Waals surface area contributed by atoms with Gasteiger partial charge in [-0.2, -0.15) is 0 Å². The normalized spacial score (nSPS) is 25.6. The van der Waals surface area contributed by atoms with Crippen molar-refractivity contribution in [3.05, 3.63) is 35.0 Å². The molecule has 0 radical (unpaired) electrons. The second-order valence-electron chi connectivity index (χ2n) is 5.85. The molecular formula is C16H20ClNO. The first kappa shape index (κ1) is 13.0. The van der Waals surface area contributed by atoms with Gasteiger partial charge in [-0.15, -0.1) is 0 Å². The van der Waals surface area contributed by atoms with Crippen LogP contribution in [0.15, 0.2) is 28.7 Å². The zero-order valence-corrected chi connectivity index (χ0v) is 12.0. The fraction of sp³-hybridized carbons (Fsp3) is 0.500. The molecule has 1 atom stereocenters. The molecule has 0 amide bonds. The topological polar surface area (TPSA) is 39.2 Å². The van der Waals surface area contributed by atoms with Crippen molar-refractivity contribution in [2.45, 2.75) is 38.6 Å². The summed E-state index contributed by atoms with van der Waals surface area (Å²) in [6.07, 6.45) is 4.96. The fourth-order valence-corrected chi connectivity index (χ4v) is 3.31. The lowest BCUT2D eigenvalue weighted by molar-refractivity contribution is 0.241. The molecule has 3 heteroatoms. The standard InChI is InChI=1S/C16H20ClNO/c1-10-5-7-11(8-6-10)15(18)14-9-12-3-2-4-13(17)16(12)19-14/h2-4,9-11,15H,5-8,18H2,1H3. The molecule has 19 heavy (non-hydrogen) atoms. The van der Waals surface area contributed by atoms with Crippen molar-refractivity contribution in [2.24, 2.45) is 17.6 Å². The average molecular weight is 278 g/mol. The summed E-state index contributed by atoms with van der Waals surface area (Å²) in [5.41, 5.74) is 7.16. The van der Waals surface area contributed by atoms with Crippen LogP contribution in [-0.2, 0) is 0 Å². The molecule has 2 aromatic rings. The Bertz CT molecular complexity index is 569. The SMILES string of the molecule is CC1CCC(C(N)c2cc3cccc(Cl)c3o2)CC1. The largest absolute Gasteiger partial charge is 0.458 e. The van der Waals surface area contributed by atoms with Crippen molar-refractivity contribution in [1.29, 1.82) is 0 Å². The van der Waals surface area contributed by atoms with Crippen LogP contribution in [0.1, 0.15) is 44.4 Å². The van der Waals surface area contributed by atoms with Crippen LogP contribution in [0.3, 0.4) is 0 Å². The van der Waals surface area contributed by atoms with E-state index in [1.165, 1.54) is 25.7 Å². The Morgan fingerprint density at radius 2 is 2.00 bits per heavy atom. The van der Waals surface area contributed by atoms with E-state index >= 15 is 0 Å². The van der Waals surface area contributed by atoms with Gasteiger partial charge in [0.05, 0.1) is 11.1 Å². The lowest BCUT2D eigenvalue weighted by Crippen LogP contribution is -2.25. The van der Waals surface area contributed by atoms with Crippen molar-refractivity contribution >= 4 is 22.6 Å². The van der Waals surface area contributed by atoms with Crippen LogP contribution in [0, 0.1) is 11.8 Å². The Kier molecular flexibility index (Phi) is 3.55. The van der Waals surface area contributed by atoms with Gasteiger partial charge in [0.15, 0.2) is 5.58 Å². The van der Waals surface area contributed by atoms with Gasteiger partial charge >= 0.3 is 0 Å². The highest BCUT2D eigenvalue weighted by Crippen LogP contribution is 2.37. The number of furan rings is 1. The Hall–Kier alpha value is -0.990. The number of halogens is 1. The molecule has 1 heterocycles. The smallest absolute Gasteiger partial charge is 0.152 e. The monoisotopic (exact) mass is 277 g/mol. The zero-order valence-electron chi connectivity index (χ0n) is 11.2. The third-order valence-electron chi connectivity index (χ3n) is 4.41. The van der Waals surface area contributed by atoms with E-state index in [1.54, 1.807) is 0 Å². The minimum Gasteiger partial charge on any atom is -0.458 e. The first-order valence-corrected chi connectivity index (χ1v) is 7.46. The number of benzene rings is 1. The minimum atomic E-state index is -0.00373.